The Bertz CT molecular complexity index is 606. The van der Waals surface area contributed by atoms with Gasteiger partial charge in [0.25, 0.3) is 0 Å². The van der Waals surface area contributed by atoms with E-state index in [0.717, 1.165) is 0 Å². The molecule has 0 amide bonds. The molecule has 2 aromatic carbocycles. The summed E-state index contributed by atoms with van der Waals surface area (Å²) in [6, 6.07) is 14.7. The maximum absolute atomic E-state index is 10.1. The maximum Gasteiger partial charge on any atom is 0.161 e. The van der Waals surface area contributed by atoms with Crippen LogP contribution in [0.25, 0.3) is 0 Å². The number of aliphatic hydroxyl groups excluding tert-OH is 1. The van der Waals surface area contributed by atoms with E-state index in [9.17, 15) is 5.11 Å². The van der Waals surface area contributed by atoms with Gasteiger partial charge in [-0.3, -0.25) is 0 Å². The van der Waals surface area contributed by atoms with Crippen molar-refractivity contribution in [1.82, 2.24) is 0 Å². The van der Waals surface area contributed by atoms with Crippen LogP contribution in [0.15, 0.2) is 48.5 Å². The third-order valence-corrected chi connectivity index (χ3v) is 3.53. The van der Waals surface area contributed by atoms with E-state index in [-0.39, 0.29) is 18.7 Å². The lowest BCUT2D eigenvalue weighted by Crippen LogP contribution is -2.25. The fraction of sp³-hybridized carbons (Fsp3) is 0.368. The van der Waals surface area contributed by atoms with Crippen LogP contribution in [0, 0.1) is 0 Å². The predicted octanol–water partition coefficient (Wildman–Crippen LogP) is 1.47. The van der Waals surface area contributed by atoms with Crippen molar-refractivity contribution in [3.05, 3.63) is 48.5 Å². The number of fused-ring (bicyclic) bond motifs is 2. The summed E-state index contributed by atoms with van der Waals surface area (Å²) in [5, 5.41) is 10.1. The van der Waals surface area contributed by atoms with Crippen molar-refractivity contribution in [1.29, 1.82) is 0 Å². The van der Waals surface area contributed by atoms with Gasteiger partial charge in [-0.15, -0.1) is 0 Å². The van der Waals surface area contributed by atoms with Gasteiger partial charge in [0.2, 0.25) is 0 Å². The SMILES string of the molecule is O.OC1COc2ccccc2OCCOCCOc2ccccc2OC1. The first-order chi connectivity index (χ1) is 12.3. The van der Waals surface area contributed by atoms with Crippen LogP contribution in [0.5, 0.6) is 23.0 Å². The number of ether oxygens (including phenoxy) is 5. The summed E-state index contributed by atoms with van der Waals surface area (Å²) in [6.07, 6.45) is -0.780. The largest absolute Gasteiger partial charge is 0.487 e. The number of hydrogen-bond donors (Lipinski definition) is 1. The number of para-hydroxylation sites is 4. The van der Waals surface area contributed by atoms with Crippen LogP contribution in [-0.4, -0.2) is 56.3 Å². The molecule has 0 saturated carbocycles. The van der Waals surface area contributed by atoms with Crippen LogP contribution in [0.2, 0.25) is 0 Å². The molecule has 0 saturated heterocycles. The topological polar surface area (TPSA) is 97.9 Å². The number of hydrogen-bond acceptors (Lipinski definition) is 6. The fourth-order valence-electron chi connectivity index (χ4n) is 2.32. The molecule has 0 atom stereocenters. The molecule has 7 heteroatoms. The summed E-state index contributed by atoms with van der Waals surface area (Å²) in [6.45, 7) is 1.89. The Morgan fingerprint density at radius 2 is 1.00 bits per heavy atom. The van der Waals surface area contributed by atoms with Crippen molar-refractivity contribution in [3.63, 3.8) is 0 Å². The van der Waals surface area contributed by atoms with Crippen LogP contribution in [-0.2, 0) is 4.74 Å². The Hall–Kier alpha value is -2.48. The number of benzene rings is 2. The van der Waals surface area contributed by atoms with Crippen molar-refractivity contribution in [2.45, 2.75) is 6.10 Å². The standard InChI is InChI=1S/C19H22O6.H2O/c20-15-13-24-18-7-3-1-5-16(18)22-11-9-21-10-12-23-17-6-2-4-8-19(17)25-14-15;/h1-8,15,20H,9-14H2;1H2. The molecular weight excluding hydrogens is 340 g/mol. The molecule has 3 rings (SSSR count). The van der Waals surface area contributed by atoms with Crippen molar-refractivity contribution in [2.75, 3.05) is 39.6 Å². The minimum atomic E-state index is -0.780. The molecule has 0 aromatic heterocycles. The molecule has 1 aliphatic heterocycles. The van der Waals surface area contributed by atoms with Crippen LogP contribution in [0.1, 0.15) is 0 Å². The molecule has 7 nitrogen and oxygen atoms in total. The van der Waals surface area contributed by atoms with Gasteiger partial charge in [0, 0.05) is 0 Å². The summed E-state index contributed by atoms with van der Waals surface area (Å²) >= 11 is 0. The zero-order chi connectivity index (χ0) is 17.3. The molecule has 1 aliphatic rings. The molecule has 3 N–H and O–H groups in total. The van der Waals surface area contributed by atoms with Gasteiger partial charge in [0.15, 0.2) is 23.0 Å². The zero-order valence-corrected chi connectivity index (χ0v) is 14.4. The molecule has 26 heavy (non-hydrogen) atoms. The molecule has 2 aromatic rings. The van der Waals surface area contributed by atoms with Crippen LogP contribution in [0.3, 0.4) is 0 Å². The Morgan fingerprint density at radius 1 is 0.615 bits per heavy atom. The van der Waals surface area contributed by atoms with Gasteiger partial charge >= 0.3 is 0 Å². The molecule has 0 spiro atoms. The van der Waals surface area contributed by atoms with Crippen LogP contribution < -0.4 is 18.9 Å². The Morgan fingerprint density at radius 3 is 1.42 bits per heavy atom. The minimum absolute atomic E-state index is 0. The first kappa shape index (κ1) is 19.8. The number of aliphatic hydroxyl groups is 1. The van der Waals surface area contributed by atoms with Gasteiger partial charge in [-0.05, 0) is 24.3 Å². The van der Waals surface area contributed by atoms with E-state index in [4.69, 9.17) is 23.7 Å². The summed E-state index contributed by atoms with van der Waals surface area (Å²) in [4.78, 5) is 0. The minimum Gasteiger partial charge on any atom is -0.487 e. The lowest BCUT2D eigenvalue weighted by molar-refractivity contribution is 0.0528. The highest BCUT2D eigenvalue weighted by atomic mass is 16.6. The second-order valence-electron chi connectivity index (χ2n) is 5.48. The summed E-state index contributed by atoms with van der Waals surface area (Å²) in [5.74, 6) is 2.40. The maximum atomic E-state index is 10.1. The molecule has 0 radical (unpaired) electrons. The average Bonchev–Trinajstić information content (AvgIpc) is 2.64. The molecular formula is C19H24O7. The molecule has 142 valence electrons. The first-order valence-electron chi connectivity index (χ1n) is 8.28. The van der Waals surface area contributed by atoms with Gasteiger partial charge in [-0.1, -0.05) is 24.3 Å². The van der Waals surface area contributed by atoms with Gasteiger partial charge in [-0.2, -0.15) is 0 Å². The lowest BCUT2D eigenvalue weighted by atomic mass is 10.3. The quantitative estimate of drug-likeness (QED) is 0.760. The highest BCUT2D eigenvalue weighted by Gasteiger charge is 2.12. The van der Waals surface area contributed by atoms with E-state index >= 15 is 0 Å². The molecule has 0 unspecified atom stereocenters. The summed E-state index contributed by atoms with van der Waals surface area (Å²) < 4.78 is 28.2. The van der Waals surface area contributed by atoms with Crippen molar-refractivity contribution >= 4 is 0 Å². The predicted molar refractivity (Wildman–Crippen MR) is 95.3 cm³/mol. The highest BCUT2D eigenvalue weighted by Crippen LogP contribution is 2.28. The third-order valence-electron chi connectivity index (χ3n) is 3.53. The smallest absolute Gasteiger partial charge is 0.161 e. The molecule has 1 heterocycles. The third kappa shape index (κ3) is 5.80. The highest BCUT2D eigenvalue weighted by molar-refractivity contribution is 5.40. The Kier molecular flexibility index (Phi) is 8.01. The summed E-state index contributed by atoms with van der Waals surface area (Å²) in [5.41, 5.74) is 0. The van der Waals surface area contributed by atoms with Crippen LogP contribution >= 0.6 is 0 Å². The van der Waals surface area contributed by atoms with E-state index < -0.39 is 6.10 Å². The van der Waals surface area contributed by atoms with Gasteiger partial charge in [0.05, 0.1) is 13.2 Å². The van der Waals surface area contributed by atoms with Gasteiger partial charge < -0.3 is 34.3 Å². The normalized spacial score (nSPS) is 16.3. The van der Waals surface area contributed by atoms with Crippen LogP contribution in [0.4, 0.5) is 0 Å². The first-order valence-corrected chi connectivity index (χ1v) is 8.28. The lowest BCUT2D eigenvalue weighted by Gasteiger charge is -2.18. The van der Waals surface area contributed by atoms with Crippen molar-refractivity contribution in [2.24, 2.45) is 0 Å². The van der Waals surface area contributed by atoms with E-state index in [1.165, 1.54) is 0 Å². The van der Waals surface area contributed by atoms with E-state index in [0.29, 0.717) is 49.4 Å². The fourth-order valence-corrected chi connectivity index (χ4v) is 2.32. The average molecular weight is 364 g/mol. The van der Waals surface area contributed by atoms with Crippen molar-refractivity contribution < 1.29 is 34.3 Å². The van der Waals surface area contributed by atoms with Crippen molar-refractivity contribution in [3.8, 4) is 23.0 Å². The van der Waals surface area contributed by atoms with E-state index in [1.807, 2.05) is 36.4 Å². The Labute approximate surface area is 152 Å². The Balaban J connectivity index is 0.00000243. The van der Waals surface area contributed by atoms with E-state index in [1.54, 1.807) is 12.1 Å². The van der Waals surface area contributed by atoms with Gasteiger partial charge in [-0.25, -0.2) is 0 Å². The number of rotatable bonds is 0. The molecule has 0 bridgehead atoms. The monoisotopic (exact) mass is 364 g/mol. The molecule has 0 fully saturated rings. The zero-order valence-electron chi connectivity index (χ0n) is 14.4. The van der Waals surface area contributed by atoms with Gasteiger partial charge in [0.1, 0.15) is 32.5 Å². The second kappa shape index (κ2) is 10.5. The molecule has 0 aliphatic carbocycles. The second-order valence-corrected chi connectivity index (χ2v) is 5.48. The van der Waals surface area contributed by atoms with E-state index in [2.05, 4.69) is 0 Å². The summed E-state index contributed by atoms with van der Waals surface area (Å²) in [7, 11) is 0.